The Bertz CT molecular complexity index is 428. The highest BCUT2D eigenvalue weighted by atomic mass is 16.6. The van der Waals surface area contributed by atoms with Gasteiger partial charge in [0.15, 0.2) is 11.5 Å². The minimum atomic E-state index is -0.302. The van der Waals surface area contributed by atoms with Crippen LogP contribution in [0.5, 0.6) is 11.5 Å². The molecule has 0 aliphatic heterocycles. The van der Waals surface area contributed by atoms with Crippen LogP contribution in [0, 0.1) is 5.92 Å². The van der Waals surface area contributed by atoms with Crippen LogP contribution in [-0.2, 0) is 4.79 Å². The normalized spacial score (nSPS) is 10.8. The largest absolute Gasteiger partial charge is 0.493 e. The number of nitrogens with zero attached hydrogens (tertiary/aromatic N) is 1. The Hall–Kier alpha value is -2.04. The first-order valence-corrected chi connectivity index (χ1v) is 5.21. The maximum atomic E-state index is 11.5. The van der Waals surface area contributed by atoms with Crippen LogP contribution in [0.25, 0.3) is 0 Å². The van der Waals surface area contributed by atoms with Crippen LogP contribution in [0.15, 0.2) is 23.3 Å². The molecule has 5 heteroatoms. The Labute approximate surface area is 100 Å². The highest BCUT2D eigenvalue weighted by Crippen LogP contribution is 2.28. The van der Waals surface area contributed by atoms with Gasteiger partial charge in [0, 0.05) is 0 Å². The summed E-state index contributed by atoms with van der Waals surface area (Å²) in [4.78, 5) is 11.5. The molecule has 0 atom stereocenters. The monoisotopic (exact) mass is 236 g/mol. The summed E-state index contributed by atoms with van der Waals surface area (Å²) in [6.07, 6.45) is 1.48. The summed E-state index contributed by atoms with van der Waals surface area (Å²) in [5, 5.41) is 3.41. The first kappa shape index (κ1) is 13.0. The minimum Gasteiger partial charge on any atom is -0.493 e. The third-order valence-electron chi connectivity index (χ3n) is 2.09. The average molecular weight is 236 g/mol. The third kappa shape index (κ3) is 3.48. The van der Waals surface area contributed by atoms with Gasteiger partial charge in [-0.1, -0.05) is 13.8 Å². The first-order valence-electron chi connectivity index (χ1n) is 5.21. The van der Waals surface area contributed by atoms with Gasteiger partial charge in [0.2, 0.25) is 0 Å². The van der Waals surface area contributed by atoms with E-state index in [2.05, 4.69) is 5.10 Å². The van der Waals surface area contributed by atoms with Crippen LogP contribution in [0.2, 0.25) is 0 Å². The molecule has 1 aromatic rings. The van der Waals surface area contributed by atoms with E-state index in [0.717, 1.165) is 5.56 Å². The second-order valence-electron chi connectivity index (χ2n) is 3.76. The summed E-state index contributed by atoms with van der Waals surface area (Å²) in [5.41, 5.74) is 0.772. The van der Waals surface area contributed by atoms with Gasteiger partial charge in [-0.25, -0.2) is 0 Å². The third-order valence-corrected chi connectivity index (χ3v) is 2.09. The van der Waals surface area contributed by atoms with Crippen LogP contribution >= 0.6 is 0 Å². The number of benzene rings is 1. The van der Waals surface area contributed by atoms with Crippen molar-refractivity contribution >= 4 is 12.2 Å². The van der Waals surface area contributed by atoms with E-state index in [1.165, 1.54) is 13.3 Å². The summed E-state index contributed by atoms with van der Waals surface area (Å²) in [7, 11) is 1.51. The number of methoxy groups -OCH3 is 1. The lowest BCUT2D eigenvalue weighted by molar-refractivity contribution is -0.137. The molecule has 0 unspecified atom stereocenters. The van der Waals surface area contributed by atoms with Crippen molar-refractivity contribution in [2.45, 2.75) is 13.8 Å². The molecule has 0 aromatic heterocycles. The van der Waals surface area contributed by atoms with Gasteiger partial charge in [-0.3, -0.25) is 4.79 Å². The van der Waals surface area contributed by atoms with E-state index in [1.54, 1.807) is 32.0 Å². The smallest absolute Gasteiger partial charge is 0.313 e. The number of carbonyl (C=O) groups is 1. The lowest BCUT2D eigenvalue weighted by Crippen LogP contribution is -2.15. The number of esters is 1. The van der Waals surface area contributed by atoms with Crippen molar-refractivity contribution in [2.24, 2.45) is 16.9 Å². The lowest BCUT2D eigenvalue weighted by Gasteiger charge is -2.11. The molecule has 92 valence electrons. The number of carbonyl (C=O) groups excluding carboxylic acids is 1. The SMILES string of the molecule is COc1cc(C=NN)ccc1OC(=O)C(C)C. The molecule has 0 fully saturated rings. The van der Waals surface area contributed by atoms with Crippen LogP contribution in [0.3, 0.4) is 0 Å². The molecule has 0 aliphatic rings. The quantitative estimate of drug-likeness (QED) is 0.283. The lowest BCUT2D eigenvalue weighted by atomic mass is 10.2. The fourth-order valence-electron chi connectivity index (χ4n) is 1.16. The topological polar surface area (TPSA) is 73.9 Å². The molecular weight excluding hydrogens is 220 g/mol. The van der Waals surface area contributed by atoms with Crippen molar-refractivity contribution in [3.8, 4) is 11.5 Å². The van der Waals surface area contributed by atoms with Gasteiger partial charge in [0.05, 0.1) is 19.2 Å². The molecule has 17 heavy (non-hydrogen) atoms. The van der Waals surface area contributed by atoms with Crippen molar-refractivity contribution < 1.29 is 14.3 Å². The Morgan fingerprint density at radius 3 is 2.65 bits per heavy atom. The second kappa shape index (κ2) is 5.89. The molecule has 5 nitrogen and oxygen atoms in total. The predicted octanol–water partition coefficient (Wildman–Crippen LogP) is 1.55. The van der Waals surface area contributed by atoms with Crippen molar-refractivity contribution in [1.82, 2.24) is 0 Å². The molecule has 1 rings (SSSR count). The molecule has 0 aliphatic carbocycles. The van der Waals surface area contributed by atoms with Crippen LogP contribution in [-0.4, -0.2) is 19.3 Å². The van der Waals surface area contributed by atoms with Gasteiger partial charge >= 0.3 is 5.97 Å². The zero-order valence-electron chi connectivity index (χ0n) is 10.1. The average Bonchev–Trinajstić information content (AvgIpc) is 2.31. The minimum absolute atomic E-state index is 0.190. The van der Waals surface area contributed by atoms with Crippen LogP contribution in [0.4, 0.5) is 0 Å². The number of hydrogen-bond donors (Lipinski definition) is 1. The van der Waals surface area contributed by atoms with Crippen molar-refractivity contribution in [3.63, 3.8) is 0 Å². The Balaban J connectivity index is 2.96. The number of nitrogens with two attached hydrogens (primary N) is 1. The number of hydrazone groups is 1. The van der Waals surface area contributed by atoms with E-state index in [4.69, 9.17) is 15.3 Å². The van der Waals surface area contributed by atoms with Crippen LogP contribution in [0.1, 0.15) is 19.4 Å². The predicted molar refractivity (Wildman–Crippen MR) is 65.2 cm³/mol. The van der Waals surface area contributed by atoms with Gasteiger partial charge < -0.3 is 15.3 Å². The highest BCUT2D eigenvalue weighted by molar-refractivity contribution is 5.81. The fourth-order valence-corrected chi connectivity index (χ4v) is 1.16. The van der Waals surface area contributed by atoms with Crippen molar-refractivity contribution in [3.05, 3.63) is 23.8 Å². The Morgan fingerprint density at radius 1 is 1.41 bits per heavy atom. The standard InChI is InChI=1S/C12H16N2O3/c1-8(2)12(15)17-10-5-4-9(7-14-13)6-11(10)16-3/h4-8H,13H2,1-3H3. The highest BCUT2D eigenvalue weighted by Gasteiger charge is 2.13. The Kier molecular flexibility index (Phi) is 4.51. The molecule has 0 heterocycles. The van der Waals surface area contributed by atoms with E-state index in [-0.39, 0.29) is 11.9 Å². The van der Waals surface area contributed by atoms with Gasteiger partial charge in [-0.15, -0.1) is 0 Å². The van der Waals surface area contributed by atoms with E-state index < -0.39 is 0 Å². The Morgan fingerprint density at radius 2 is 2.12 bits per heavy atom. The number of rotatable bonds is 4. The molecule has 0 spiro atoms. The summed E-state index contributed by atoms with van der Waals surface area (Å²) < 4.78 is 10.3. The van der Waals surface area contributed by atoms with E-state index in [9.17, 15) is 4.79 Å². The zero-order valence-corrected chi connectivity index (χ0v) is 10.1. The zero-order chi connectivity index (χ0) is 12.8. The molecular formula is C12H16N2O3. The maximum absolute atomic E-state index is 11.5. The fraction of sp³-hybridized carbons (Fsp3) is 0.333. The second-order valence-corrected chi connectivity index (χ2v) is 3.76. The summed E-state index contributed by atoms with van der Waals surface area (Å²) in [6.45, 7) is 3.54. The van der Waals surface area contributed by atoms with Gasteiger partial charge in [0.25, 0.3) is 0 Å². The summed E-state index contributed by atoms with van der Waals surface area (Å²) in [6, 6.07) is 5.08. The van der Waals surface area contributed by atoms with E-state index in [1.807, 2.05) is 0 Å². The summed E-state index contributed by atoms with van der Waals surface area (Å²) >= 11 is 0. The molecule has 0 bridgehead atoms. The van der Waals surface area contributed by atoms with Gasteiger partial charge in [-0.2, -0.15) is 5.10 Å². The summed E-state index contributed by atoms with van der Waals surface area (Å²) in [5.74, 6) is 5.42. The number of ether oxygens (including phenoxy) is 2. The van der Waals surface area contributed by atoms with Crippen molar-refractivity contribution in [2.75, 3.05) is 7.11 Å². The molecule has 0 saturated heterocycles. The first-order chi connectivity index (χ1) is 8.08. The van der Waals surface area contributed by atoms with E-state index >= 15 is 0 Å². The van der Waals surface area contributed by atoms with Gasteiger partial charge in [-0.05, 0) is 23.8 Å². The molecule has 0 saturated carbocycles. The van der Waals surface area contributed by atoms with Crippen molar-refractivity contribution in [1.29, 1.82) is 0 Å². The maximum Gasteiger partial charge on any atom is 0.313 e. The molecule has 2 N–H and O–H groups in total. The molecule has 0 radical (unpaired) electrons. The van der Waals surface area contributed by atoms with Gasteiger partial charge in [0.1, 0.15) is 0 Å². The molecule has 0 amide bonds. The van der Waals surface area contributed by atoms with Crippen LogP contribution < -0.4 is 15.3 Å². The molecule has 1 aromatic carbocycles. The van der Waals surface area contributed by atoms with E-state index in [0.29, 0.717) is 11.5 Å². The number of hydrogen-bond acceptors (Lipinski definition) is 5.